The van der Waals surface area contributed by atoms with Crippen LogP contribution in [0.2, 0.25) is 0 Å². The molecule has 0 aromatic heterocycles. The highest BCUT2D eigenvalue weighted by Gasteiger charge is 2.25. The first kappa shape index (κ1) is 14.3. The van der Waals surface area contributed by atoms with Gasteiger partial charge in [0.2, 0.25) is 0 Å². The van der Waals surface area contributed by atoms with Gasteiger partial charge in [0.15, 0.2) is 0 Å². The molecule has 0 fully saturated rings. The van der Waals surface area contributed by atoms with Gasteiger partial charge in [0.05, 0.1) is 6.61 Å². The van der Waals surface area contributed by atoms with Crippen molar-refractivity contribution in [2.45, 2.75) is 13.8 Å². The predicted molar refractivity (Wildman–Crippen MR) is 56.5 cm³/mol. The molecule has 7 heteroatoms. The Hall–Kier alpha value is -0.660. The van der Waals surface area contributed by atoms with Crippen LogP contribution in [0.25, 0.3) is 0 Å². The second kappa shape index (κ2) is 6.04. The Labute approximate surface area is 91.0 Å². The number of carbonyl (C=O) groups excluding carboxylic acids is 1. The predicted octanol–water partition coefficient (Wildman–Crippen LogP) is -0.322. The molecule has 6 nitrogen and oxygen atoms in total. The van der Waals surface area contributed by atoms with Crippen molar-refractivity contribution in [1.29, 1.82) is 0 Å². The summed E-state index contributed by atoms with van der Waals surface area (Å²) in [4.78, 5) is 11.1. The first-order valence-electron chi connectivity index (χ1n) is 4.69. The highest BCUT2D eigenvalue weighted by molar-refractivity contribution is 7.86. The van der Waals surface area contributed by atoms with Gasteiger partial charge in [-0.1, -0.05) is 6.92 Å². The molecule has 0 spiro atoms. The monoisotopic (exact) mass is 238 g/mol. The fourth-order valence-corrected chi connectivity index (χ4v) is 1.99. The minimum atomic E-state index is -3.54. The average molecular weight is 238 g/mol. The molecule has 0 radical (unpaired) electrons. The maximum atomic E-state index is 11.6. The molecule has 0 rings (SSSR count). The van der Waals surface area contributed by atoms with Crippen LogP contribution in [0.1, 0.15) is 13.8 Å². The normalized spacial score (nSPS) is 12.1. The van der Waals surface area contributed by atoms with Crippen LogP contribution in [-0.4, -0.2) is 56.8 Å². The molecule has 0 atom stereocenters. The van der Waals surface area contributed by atoms with Crippen LogP contribution in [0.4, 0.5) is 0 Å². The lowest BCUT2D eigenvalue weighted by atomic mass is 10.6. The van der Waals surface area contributed by atoms with Crippen molar-refractivity contribution in [1.82, 2.24) is 8.61 Å². The van der Waals surface area contributed by atoms with Crippen LogP contribution in [0.3, 0.4) is 0 Å². The Bertz CT molecular complexity index is 300. The average Bonchev–Trinajstić information content (AvgIpc) is 2.14. The fraction of sp³-hybridized carbons (Fsp3) is 0.875. The molecule has 0 aliphatic carbocycles. The van der Waals surface area contributed by atoms with Crippen molar-refractivity contribution >= 4 is 16.2 Å². The van der Waals surface area contributed by atoms with E-state index in [0.717, 1.165) is 8.61 Å². The lowest BCUT2D eigenvalue weighted by molar-refractivity contribution is -0.143. The molecule has 0 unspecified atom stereocenters. The minimum Gasteiger partial charge on any atom is -0.465 e. The zero-order valence-corrected chi connectivity index (χ0v) is 10.4. The van der Waals surface area contributed by atoms with E-state index in [9.17, 15) is 13.2 Å². The summed E-state index contributed by atoms with van der Waals surface area (Å²) in [5, 5.41) is 0. The Kier molecular flexibility index (Phi) is 5.77. The van der Waals surface area contributed by atoms with Crippen molar-refractivity contribution in [3.8, 4) is 0 Å². The van der Waals surface area contributed by atoms with E-state index < -0.39 is 16.2 Å². The van der Waals surface area contributed by atoms with Crippen molar-refractivity contribution in [2.24, 2.45) is 0 Å². The highest BCUT2D eigenvalue weighted by atomic mass is 32.2. The van der Waals surface area contributed by atoms with Gasteiger partial charge in [-0.25, -0.2) is 0 Å². The maximum absolute atomic E-state index is 11.6. The molecule has 0 amide bonds. The molecular formula is C8H18N2O4S. The van der Waals surface area contributed by atoms with Crippen LogP contribution >= 0.6 is 0 Å². The molecule has 0 saturated carbocycles. The second-order valence-electron chi connectivity index (χ2n) is 3.02. The lowest BCUT2D eigenvalue weighted by Gasteiger charge is -2.22. The molecule has 0 aromatic carbocycles. The molecular weight excluding hydrogens is 220 g/mol. The van der Waals surface area contributed by atoms with Crippen molar-refractivity contribution in [3.63, 3.8) is 0 Å². The van der Waals surface area contributed by atoms with Crippen molar-refractivity contribution in [2.75, 3.05) is 33.8 Å². The van der Waals surface area contributed by atoms with Gasteiger partial charge < -0.3 is 4.74 Å². The molecule has 0 N–H and O–H groups in total. The fourth-order valence-electron chi connectivity index (χ4n) is 0.938. The van der Waals surface area contributed by atoms with E-state index >= 15 is 0 Å². The van der Waals surface area contributed by atoms with E-state index in [1.54, 1.807) is 13.8 Å². The Morgan fingerprint density at radius 2 is 1.80 bits per heavy atom. The zero-order valence-electron chi connectivity index (χ0n) is 9.56. The van der Waals surface area contributed by atoms with E-state index in [4.69, 9.17) is 0 Å². The van der Waals surface area contributed by atoms with Crippen LogP contribution in [-0.2, 0) is 19.7 Å². The summed E-state index contributed by atoms with van der Waals surface area (Å²) in [6.45, 7) is 3.58. The van der Waals surface area contributed by atoms with Crippen LogP contribution in [0.5, 0.6) is 0 Å². The van der Waals surface area contributed by atoms with Gasteiger partial charge in [-0.05, 0) is 6.92 Å². The number of carbonyl (C=O) groups is 1. The first-order chi connectivity index (χ1) is 6.86. The van der Waals surface area contributed by atoms with Crippen LogP contribution < -0.4 is 0 Å². The van der Waals surface area contributed by atoms with E-state index in [-0.39, 0.29) is 19.7 Å². The largest absolute Gasteiger partial charge is 0.465 e. The summed E-state index contributed by atoms with van der Waals surface area (Å²) in [6.07, 6.45) is 0. The van der Waals surface area contributed by atoms with Gasteiger partial charge in [0, 0.05) is 20.6 Å². The summed E-state index contributed by atoms with van der Waals surface area (Å²) in [5.74, 6) is -0.537. The maximum Gasteiger partial charge on any atom is 0.321 e. The molecule has 0 saturated heterocycles. The molecule has 0 heterocycles. The number of nitrogens with zero attached hydrogens (tertiary/aromatic N) is 2. The first-order valence-corrected chi connectivity index (χ1v) is 6.09. The SMILES string of the molecule is CCOC(=O)CN(CC)S(=O)(=O)N(C)C. The molecule has 90 valence electrons. The summed E-state index contributed by atoms with van der Waals surface area (Å²) in [7, 11) is -0.697. The molecule has 15 heavy (non-hydrogen) atoms. The van der Waals surface area contributed by atoms with E-state index in [1.807, 2.05) is 0 Å². The number of esters is 1. The van der Waals surface area contributed by atoms with E-state index in [1.165, 1.54) is 14.1 Å². The van der Waals surface area contributed by atoms with Gasteiger partial charge in [0.25, 0.3) is 10.2 Å². The summed E-state index contributed by atoms with van der Waals surface area (Å²) in [6, 6.07) is 0. The number of ether oxygens (including phenoxy) is 1. The van der Waals surface area contributed by atoms with E-state index in [2.05, 4.69) is 4.74 Å². The second-order valence-corrected chi connectivity index (χ2v) is 5.16. The van der Waals surface area contributed by atoms with Crippen LogP contribution in [0.15, 0.2) is 0 Å². The number of rotatable bonds is 6. The third kappa shape index (κ3) is 4.15. The zero-order chi connectivity index (χ0) is 12.1. The topological polar surface area (TPSA) is 66.9 Å². The van der Waals surface area contributed by atoms with E-state index in [0.29, 0.717) is 0 Å². The standard InChI is InChI=1S/C8H18N2O4S/c1-5-10(7-8(11)14-6-2)15(12,13)9(3)4/h5-7H2,1-4H3. The van der Waals surface area contributed by atoms with Gasteiger partial charge in [-0.15, -0.1) is 0 Å². The quantitative estimate of drug-likeness (QED) is 0.595. The number of likely N-dealkylation sites (N-methyl/N-ethyl adjacent to an activating group) is 1. The minimum absolute atomic E-state index is 0.235. The highest BCUT2D eigenvalue weighted by Crippen LogP contribution is 2.03. The molecule has 0 bridgehead atoms. The van der Waals surface area contributed by atoms with Gasteiger partial charge in [0.1, 0.15) is 6.54 Å². The Morgan fingerprint density at radius 1 is 1.27 bits per heavy atom. The Balaban J connectivity index is 4.58. The summed E-state index contributed by atoms with van der Waals surface area (Å²) >= 11 is 0. The third-order valence-corrected chi connectivity index (χ3v) is 3.71. The summed E-state index contributed by atoms with van der Waals surface area (Å²) < 4.78 is 30.1. The summed E-state index contributed by atoms with van der Waals surface area (Å²) in [5.41, 5.74) is 0. The molecule has 0 aliphatic rings. The number of hydrogen-bond acceptors (Lipinski definition) is 4. The van der Waals surface area contributed by atoms with Gasteiger partial charge >= 0.3 is 5.97 Å². The van der Waals surface area contributed by atoms with Crippen molar-refractivity contribution in [3.05, 3.63) is 0 Å². The van der Waals surface area contributed by atoms with Gasteiger partial charge in [-0.3, -0.25) is 4.79 Å². The number of hydrogen-bond donors (Lipinski definition) is 0. The molecule has 0 aliphatic heterocycles. The van der Waals surface area contributed by atoms with Crippen molar-refractivity contribution < 1.29 is 17.9 Å². The third-order valence-electron chi connectivity index (χ3n) is 1.75. The molecule has 0 aromatic rings. The lowest BCUT2D eigenvalue weighted by Crippen LogP contribution is -2.43. The van der Waals surface area contributed by atoms with Gasteiger partial charge in [-0.2, -0.15) is 17.0 Å². The smallest absolute Gasteiger partial charge is 0.321 e. The van der Waals surface area contributed by atoms with Crippen LogP contribution in [0, 0.1) is 0 Å². The Morgan fingerprint density at radius 3 is 2.13 bits per heavy atom.